The van der Waals surface area contributed by atoms with E-state index in [1.54, 1.807) is 0 Å². The van der Waals surface area contributed by atoms with Gasteiger partial charge in [0, 0.05) is 0 Å². The molecule has 0 aromatic carbocycles. The van der Waals surface area contributed by atoms with Crippen LogP contribution >= 0.6 is 13.5 Å². The van der Waals surface area contributed by atoms with Crippen LogP contribution in [-0.4, -0.2) is 0 Å². The predicted molar refractivity (Wildman–Crippen MR) is 12.2 cm³/mol. The molecule has 0 atom stereocenters. The standard InChI is InChI=1S/Fe.Na.O.H2S.H/h;;;1H2;/q;+1;;;-1. The minimum absolute atomic E-state index is 0. The first-order chi connectivity index (χ1) is 1.00. The first-order valence-electron chi connectivity index (χ1n) is 0.144. The van der Waals surface area contributed by atoms with Crippen LogP contribution in [0.4, 0.5) is 0 Å². The Bertz CT molecular complexity index is 11.6. The summed E-state index contributed by atoms with van der Waals surface area (Å²) in [5.41, 5.74) is 0. The van der Waals surface area contributed by atoms with Crippen molar-refractivity contribution in [1.82, 2.24) is 0 Å². The Kier molecular flexibility index (Phi) is 97.8. The molecule has 1 nitrogen and oxygen atoms in total. The molecule has 0 unspecified atom stereocenters. The van der Waals surface area contributed by atoms with Gasteiger partial charge in [-0.25, -0.2) is 0 Å². The van der Waals surface area contributed by atoms with Gasteiger partial charge in [0.25, 0.3) is 0 Å². The zero-order valence-corrected chi connectivity index (χ0v) is 6.37. The molecule has 0 N–H and O–H groups in total. The maximum absolute atomic E-state index is 8.00. The van der Waals surface area contributed by atoms with Crippen molar-refractivity contribution in [3.63, 3.8) is 0 Å². The summed E-state index contributed by atoms with van der Waals surface area (Å²) >= 11 is 2.00. The summed E-state index contributed by atoms with van der Waals surface area (Å²) in [6.07, 6.45) is 0. The average Bonchev–Trinajstić information content (AvgIpc) is 1.00. The molecule has 0 fully saturated rings. The van der Waals surface area contributed by atoms with E-state index in [1.165, 1.54) is 0 Å². The van der Waals surface area contributed by atoms with Gasteiger partial charge >= 0.3 is 49.3 Å². The molecule has 0 aliphatic carbocycles. The van der Waals surface area contributed by atoms with Gasteiger partial charge < -0.3 is 1.43 Å². The van der Waals surface area contributed by atoms with Gasteiger partial charge in [-0.1, -0.05) is 0 Å². The molecular weight excluding hydrogens is 127 g/mol. The second kappa shape index (κ2) is 22.6. The van der Waals surface area contributed by atoms with Crippen molar-refractivity contribution in [2.24, 2.45) is 0 Å². The first kappa shape index (κ1) is 17.3. The van der Waals surface area contributed by atoms with E-state index in [0.29, 0.717) is 0 Å². The Morgan fingerprint density at radius 1 is 1.50 bits per heavy atom. The van der Waals surface area contributed by atoms with E-state index in [9.17, 15) is 0 Å². The molecule has 24 valence electrons. The van der Waals surface area contributed by atoms with Crippen LogP contribution in [0.25, 0.3) is 0 Å². The van der Waals surface area contributed by atoms with Crippen LogP contribution in [0.15, 0.2) is 0 Å². The SMILES string of the molecule is S.[H-].[Na+].[O]=[Fe]. The second-order valence-electron chi connectivity index (χ2n) is 0. The van der Waals surface area contributed by atoms with Crippen molar-refractivity contribution >= 4 is 13.5 Å². The molecule has 0 saturated heterocycles. The van der Waals surface area contributed by atoms with Crippen LogP contribution in [0.5, 0.6) is 0 Å². The molecule has 4 heteroatoms. The first-order valence-corrected chi connectivity index (χ1v) is 0.595. The van der Waals surface area contributed by atoms with Crippen molar-refractivity contribution in [3.05, 3.63) is 0 Å². The number of hydrogen-bond acceptors (Lipinski definition) is 1. The topological polar surface area (TPSA) is 17.1 Å². The van der Waals surface area contributed by atoms with E-state index in [2.05, 4.69) is 0 Å². The molecule has 0 rings (SSSR count). The zero-order valence-electron chi connectivity index (χ0n) is 3.26. The van der Waals surface area contributed by atoms with Gasteiger partial charge in [0.05, 0.1) is 0 Å². The van der Waals surface area contributed by atoms with Gasteiger partial charge in [-0.05, 0) is 0 Å². The molecule has 0 aliphatic rings. The Balaban J connectivity index is -0.00000000167. The maximum atomic E-state index is 8.00. The average molecular weight is 130 g/mol. The summed E-state index contributed by atoms with van der Waals surface area (Å²) in [5, 5.41) is 0. The third-order valence-corrected chi connectivity index (χ3v) is 0. The van der Waals surface area contributed by atoms with E-state index in [1.807, 2.05) is 15.9 Å². The van der Waals surface area contributed by atoms with Gasteiger partial charge in [0.1, 0.15) is 0 Å². The normalized spacial score (nSPS) is 1.25. The van der Waals surface area contributed by atoms with Crippen LogP contribution in [-0.2, 0) is 19.8 Å². The Morgan fingerprint density at radius 3 is 1.50 bits per heavy atom. The molecule has 0 spiro atoms. The zero-order chi connectivity index (χ0) is 2.00. The van der Waals surface area contributed by atoms with Gasteiger partial charge in [-0.2, -0.15) is 13.5 Å². The summed E-state index contributed by atoms with van der Waals surface area (Å²) in [6, 6.07) is 0. The molecule has 0 aromatic rings. The molecule has 4 heavy (non-hydrogen) atoms. The summed E-state index contributed by atoms with van der Waals surface area (Å²) in [6.45, 7) is 0. The number of rotatable bonds is 0. The van der Waals surface area contributed by atoms with Gasteiger partial charge in [0.15, 0.2) is 0 Å². The molecule has 0 saturated carbocycles. The summed E-state index contributed by atoms with van der Waals surface area (Å²) in [7, 11) is 0. The number of hydrogen-bond donors (Lipinski definition) is 0. The van der Waals surface area contributed by atoms with Gasteiger partial charge in [-0.3, -0.25) is 0 Å². The molecule has 0 bridgehead atoms. The van der Waals surface area contributed by atoms with Crippen molar-refractivity contribution in [1.29, 1.82) is 0 Å². The molecule has 0 aromatic heterocycles. The van der Waals surface area contributed by atoms with Crippen LogP contribution < -0.4 is 29.6 Å². The van der Waals surface area contributed by atoms with Crippen molar-refractivity contribution < 1.29 is 50.8 Å². The Morgan fingerprint density at radius 2 is 1.50 bits per heavy atom. The Labute approximate surface area is 63.8 Å². The second-order valence-corrected chi connectivity index (χ2v) is 0. The van der Waals surface area contributed by atoms with E-state index in [0.717, 1.165) is 0 Å². The van der Waals surface area contributed by atoms with Crippen LogP contribution in [0, 0.1) is 0 Å². The van der Waals surface area contributed by atoms with Crippen molar-refractivity contribution in [2.45, 2.75) is 0 Å². The molecule has 0 heterocycles. The van der Waals surface area contributed by atoms with Crippen LogP contribution in [0.1, 0.15) is 1.43 Å². The van der Waals surface area contributed by atoms with Crippen LogP contribution in [0.3, 0.4) is 0 Å². The third kappa shape index (κ3) is 9.38. The fourth-order valence-electron chi connectivity index (χ4n) is 0. The minimum atomic E-state index is 0. The monoisotopic (exact) mass is 130 g/mol. The van der Waals surface area contributed by atoms with E-state index in [4.69, 9.17) is 3.83 Å². The van der Waals surface area contributed by atoms with Crippen molar-refractivity contribution in [2.75, 3.05) is 0 Å². The fraction of sp³-hybridized carbons (Fsp3) is 0. The predicted octanol–water partition coefficient (Wildman–Crippen LogP) is -2.89. The third-order valence-electron chi connectivity index (χ3n) is 0. The molecule has 0 radical (unpaired) electrons. The summed E-state index contributed by atoms with van der Waals surface area (Å²) < 4.78 is 8.00. The van der Waals surface area contributed by atoms with Crippen molar-refractivity contribution in [3.8, 4) is 0 Å². The quantitative estimate of drug-likeness (QED) is 0.321. The fourth-order valence-corrected chi connectivity index (χ4v) is 0. The molecule has 0 aliphatic heterocycles. The van der Waals surface area contributed by atoms with E-state index < -0.39 is 0 Å². The molecule has 0 amide bonds. The van der Waals surface area contributed by atoms with E-state index in [-0.39, 0.29) is 44.5 Å². The van der Waals surface area contributed by atoms with E-state index >= 15 is 0 Å². The summed E-state index contributed by atoms with van der Waals surface area (Å²) in [4.78, 5) is 0. The van der Waals surface area contributed by atoms with Gasteiger partial charge in [-0.15, -0.1) is 0 Å². The van der Waals surface area contributed by atoms with Crippen LogP contribution in [0.2, 0.25) is 0 Å². The molecular formula is H3FeNaOS. The van der Waals surface area contributed by atoms with Gasteiger partial charge in [0.2, 0.25) is 0 Å². The summed E-state index contributed by atoms with van der Waals surface area (Å²) in [5.74, 6) is 0. The Hall–Kier alpha value is 1.67.